The first kappa shape index (κ1) is 16.9. The van der Waals surface area contributed by atoms with Crippen LogP contribution in [0.4, 0.5) is 0 Å². The number of hydrogen-bond donors (Lipinski definition) is 1. The smallest absolute Gasteiger partial charge is 0.328 e. The van der Waals surface area contributed by atoms with Crippen molar-refractivity contribution in [2.45, 2.75) is 32.2 Å². The summed E-state index contributed by atoms with van der Waals surface area (Å²) < 4.78 is 8.95. The molecule has 0 unspecified atom stereocenters. The molecule has 2 atom stereocenters. The fourth-order valence-corrected chi connectivity index (χ4v) is 1.35. The normalized spacial score (nSPS) is 12.7. The van der Waals surface area contributed by atoms with Crippen molar-refractivity contribution in [2.75, 3.05) is 14.2 Å². The van der Waals surface area contributed by atoms with Crippen molar-refractivity contribution in [3.8, 4) is 6.07 Å². The molecule has 7 heteroatoms. The number of nitriles is 1. The van der Waals surface area contributed by atoms with E-state index >= 15 is 0 Å². The Balaban J connectivity index is 4.39. The molecule has 0 aromatic heterocycles. The number of ether oxygens (including phenoxy) is 2. The van der Waals surface area contributed by atoms with Gasteiger partial charge in [0, 0.05) is 12.3 Å². The fraction of sp³-hybridized carbons (Fsp3) is 0.667. The number of carbonyl (C=O) groups excluding carboxylic acids is 3. The molecule has 106 valence electrons. The summed E-state index contributed by atoms with van der Waals surface area (Å²) in [7, 11) is 2.43. The van der Waals surface area contributed by atoms with Crippen molar-refractivity contribution in [3.63, 3.8) is 0 Å². The van der Waals surface area contributed by atoms with Crippen LogP contribution >= 0.6 is 0 Å². The lowest BCUT2D eigenvalue weighted by atomic mass is 10.0. The third-order valence-corrected chi connectivity index (χ3v) is 2.41. The van der Waals surface area contributed by atoms with Gasteiger partial charge in [0.1, 0.15) is 6.04 Å². The van der Waals surface area contributed by atoms with Gasteiger partial charge in [-0.15, -0.1) is 0 Å². The molecule has 0 saturated heterocycles. The molecular weight excluding hydrogens is 252 g/mol. The number of carbonyl (C=O) groups is 3. The lowest BCUT2D eigenvalue weighted by Crippen LogP contribution is -2.42. The molecule has 0 fully saturated rings. The number of nitrogens with one attached hydrogen (secondary N) is 1. The molecule has 0 rings (SSSR count). The molecule has 0 radical (unpaired) electrons. The SMILES string of the molecule is COC(=O)CCC(=O)N[C@H](C[C@H](C)C#N)C(=O)OC. The third kappa shape index (κ3) is 7.03. The Kier molecular flexibility index (Phi) is 7.93. The molecule has 0 aliphatic heterocycles. The van der Waals surface area contributed by atoms with Crippen molar-refractivity contribution in [1.29, 1.82) is 5.26 Å². The van der Waals surface area contributed by atoms with Gasteiger partial charge in [-0.2, -0.15) is 5.26 Å². The van der Waals surface area contributed by atoms with Gasteiger partial charge in [0.2, 0.25) is 5.91 Å². The zero-order valence-electron chi connectivity index (χ0n) is 11.3. The van der Waals surface area contributed by atoms with Gasteiger partial charge >= 0.3 is 11.9 Å². The van der Waals surface area contributed by atoms with E-state index in [4.69, 9.17) is 5.26 Å². The molecule has 1 amide bonds. The monoisotopic (exact) mass is 270 g/mol. The molecule has 0 aliphatic rings. The van der Waals surface area contributed by atoms with Gasteiger partial charge in [-0.3, -0.25) is 9.59 Å². The summed E-state index contributed by atoms with van der Waals surface area (Å²) >= 11 is 0. The lowest BCUT2D eigenvalue weighted by molar-refractivity contribution is -0.145. The second-order valence-corrected chi connectivity index (χ2v) is 3.99. The Bertz CT molecular complexity index is 375. The number of rotatable bonds is 7. The van der Waals surface area contributed by atoms with Crippen LogP contribution in [0.5, 0.6) is 0 Å². The summed E-state index contributed by atoms with van der Waals surface area (Å²) in [6, 6.07) is 1.09. The van der Waals surface area contributed by atoms with E-state index in [0.717, 1.165) is 0 Å². The fourth-order valence-electron chi connectivity index (χ4n) is 1.35. The highest BCUT2D eigenvalue weighted by Crippen LogP contribution is 2.07. The van der Waals surface area contributed by atoms with Crippen LogP contribution in [0.15, 0.2) is 0 Å². The van der Waals surface area contributed by atoms with E-state index in [2.05, 4.69) is 14.8 Å². The van der Waals surface area contributed by atoms with Crippen LogP contribution in [0.2, 0.25) is 0 Å². The van der Waals surface area contributed by atoms with Crippen molar-refractivity contribution in [3.05, 3.63) is 0 Å². The van der Waals surface area contributed by atoms with Gasteiger partial charge in [0.05, 0.1) is 26.7 Å². The molecular formula is C12H18N2O5. The number of amides is 1. The first-order valence-corrected chi connectivity index (χ1v) is 5.78. The summed E-state index contributed by atoms with van der Waals surface area (Å²) in [5.74, 6) is -1.99. The maximum Gasteiger partial charge on any atom is 0.328 e. The van der Waals surface area contributed by atoms with Crippen molar-refractivity contribution in [2.24, 2.45) is 5.92 Å². The van der Waals surface area contributed by atoms with E-state index < -0.39 is 29.8 Å². The molecule has 0 bridgehead atoms. The van der Waals surface area contributed by atoms with E-state index in [1.807, 2.05) is 6.07 Å². The highest BCUT2D eigenvalue weighted by atomic mass is 16.5. The minimum atomic E-state index is -0.884. The Hall–Kier alpha value is -2.10. The maximum atomic E-state index is 11.6. The minimum Gasteiger partial charge on any atom is -0.469 e. The summed E-state index contributed by atoms with van der Waals surface area (Å²) in [6.45, 7) is 1.64. The molecule has 0 aliphatic carbocycles. The average Bonchev–Trinajstić information content (AvgIpc) is 2.42. The van der Waals surface area contributed by atoms with E-state index in [0.29, 0.717) is 0 Å². The van der Waals surface area contributed by atoms with Crippen LogP contribution in [0.1, 0.15) is 26.2 Å². The molecule has 7 nitrogen and oxygen atoms in total. The first-order chi connectivity index (χ1) is 8.94. The average molecular weight is 270 g/mol. The molecule has 19 heavy (non-hydrogen) atoms. The third-order valence-electron chi connectivity index (χ3n) is 2.41. The van der Waals surface area contributed by atoms with Gasteiger partial charge in [0.25, 0.3) is 0 Å². The molecule has 0 heterocycles. The van der Waals surface area contributed by atoms with Crippen LogP contribution in [0.25, 0.3) is 0 Å². The van der Waals surface area contributed by atoms with Gasteiger partial charge in [0.15, 0.2) is 0 Å². The summed E-state index contributed by atoms with van der Waals surface area (Å²) in [4.78, 5) is 33.9. The van der Waals surface area contributed by atoms with Crippen molar-refractivity contribution in [1.82, 2.24) is 5.32 Å². The minimum absolute atomic E-state index is 0.0654. The number of esters is 2. The largest absolute Gasteiger partial charge is 0.469 e. The second kappa shape index (κ2) is 8.91. The zero-order chi connectivity index (χ0) is 14.8. The van der Waals surface area contributed by atoms with Crippen LogP contribution in [-0.2, 0) is 23.9 Å². The highest BCUT2D eigenvalue weighted by molar-refractivity contribution is 5.86. The van der Waals surface area contributed by atoms with E-state index in [9.17, 15) is 14.4 Å². The van der Waals surface area contributed by atoms with Gasteiger partial charge in [-0.05, 0) is 13.3 Å². The first-order valence-electron chi connectivity index (χ1n) is 5.78. The van der Waals surface area contributed by atoms with E-state index in [1.54, 1.807) is 6.92 Å². The predicted molar refractivity (Wildman–Crippen MR) is 64.6 cm³/mol. The van der Waals surface area contributed by atoms with Gasteiger partial charge < -0.3 is 14.8 Å². The number of hydrogen-bond acceptors (Lipinski definition) is 6. The lowest BCUT2D eigenvalue weighted by Gasteiger charge is -2.17. The molecule has 0 aromatic rings. The van der Waals surface area contributed by atoms with Crippen LogP contribution in [0.3, 0.4) is 0 Å². The summed E-state index contributed by atoms with van der Waals surface area (Å²) in [5.41, 5.74) is 0. The summed E-state index contributed by atoms with van der Waals surface area (Å²) in [6.07, 6.45) is 0.0122. The standard InChI is InChI=1S/C12H18N2O5/c1-8(7-13)6-9(12(17)19-3)14-10(15)4-5-11(16)18-2/h8-9H,4-6H2,1-3H3,(H,14,15)/t8-,9+/m0/s1. The highest BCUT2D eigenvalue weighted by Gasteiger charge is 2.23. The number of nitrogens with zero attached hydrogens (tertiary/aromatic N) is 1. The Morgan fingerprint density at radius 1 is 1.21 bits per heavy atom. The Morgan fingerprint density at radius 3 is 2.32 bits per heavy atom. The molecule has 1 N–H and O–H groups in total. The second-order valence-electron chi connectivity index (χ2n) is 3.99. The van der Waals surface area contributed by atoms with Crippen LogP contribution < -0.4 is 5.32 Å². The predicted octanol–water partition coefficient (Wildman–Crippen LogP) is 0.147. The van der Waals surface area contributed by atoms with E-state index in [-0.39, 0.29) is 19.3 Å². The van der Waals surface area contributed by atoms with Gasteiger partial charge in [-0.1, -0.05) is 0 Å². The van der Waals surface area contributed by atoms with Crippen LogP contribution in [0, 0.1) is 17.2 Å². The summed E-state index contributed by atoms with van der Waals surface area (Å²) in [5, 5.41) is 11.1. The molecule has 0 spiro atoms. The quantitative estimate of drug-likeness (QED) is 0.660. The molecule has 0 aromatic carbocycles. The Labute approximate surface area is 111 Å². The van der Waals surface area contributed by atoms with Gasteiger partial charge in [-0.25, -0.2) is 4.79 Å². The zero-order valence-corrected chi connectivity index (χ0v) is 11.3. The maximum absolute atomic E-state index is 11.6. The van der Waals surface area contributed by atoms with Crippen molar-refractivity contribution < 1.29 is 23.9 Å². The van der Waals surface area contributed by atoms with Crippen molar-refractivity contribution >= 4 is 17.8 Å². The Morgan fingerprint density at radius 2 is 1.84 bits per heavy atom. The van der Waals surface area contributed by atoms with E-state index in [1.165, 1.54) is 14.2 Å². The topological polar surface area (TPSA) is 105 Å². The van der Waals surface area contributed by atoms with Crippen LogP contribution in [-0.4, -0.2) is 38.1 Å². The number of methoxy groups -OCH3 is 2. The molecule has 0 saturated carbocycles.